The molecule has 0 aliphatic rings. The Morgan fingerprint density at radius 3 is 2.00 bits per heavy atom. The van der Waals surface area contributed by atoms with Crippen LogP contribution in [0.1, 0.15) is 5.56 Å². The van der Waals surface area contributed by atoms with E-state index in [1.165, 1.54) is 12.1 Å². The maximum absolute atomic E-state index is 9.00. The summed E-state index contributed by atoms with van der Waals surface area (Å²) in [6.07, 6.45) is 0. The van der Waals surface area contributed by atoms with Crippen LogP contribution in [-0.2, 0) is 0 Å². The summed E-state index contributed by atoms with van der Waals surface area (Å²) in [6.45, 7) is 1.76. The number of phenolic OH excluding ortho intramolecular Hbond substituents is 2. The zero-order valence-electron chi connectivity index (χ0n) is 5.63. The molecular weight excluding hydrogens is 130 g/mol. The van der Waals surface area contributed by atoms with Gasteiger partial charge in [0.05, 0.1) is 0 Å². The molecule has 0 amide bonds. The lowest BCUT2D eigenvalue weighted by atomic mass is 10.2. The maximum atomic E-state index is 9.00. The van der Waals surface area contributed by atoms with Crippen molar-refractivity contribution < 1.29 is 10.2 Å². The maximum Gasteiger partial charge on any atom is 0.142 e. The molecule has 0 fully saturated rings. The van der Waals surface area contributed by atoms with Crippen LogP contribution in [0.15, 0.2) is 12.1 Å². The second kappa shape index (κ2) is 2.10. The van der Waals surface area contributed by atoms with E-state index in [1.807, 2.05) is 0 Å². The van der Waals surface area contributed by atoms with Crippen LogP contribution in [0.25, 0.3) is 0 Å². The largest absolute Gasteiger partial charge is 0.506 e. The summed E-state index contributed by atoms with van der Waals surface area (Å²) in [7, 11) is 0. The molecule has 1 aromatic carbocycles. The zero-order valence-corrected chi connectivity index (χ0v) is 5.63. The Hall–Kier alpha value is -1.38. The first kappa shape index (κ1) is 6.74. The monoisotopic (exact) mass is 139 g/mol. The van der Waals surface area contributed by atoms with Crippen molar-refractivity contribution in [1.82, 2.24) is 0 Å². The predicted molar refractivity (Wildman–Crippen MR) is 38.9 cm³/mol. The van der Waals surface area contributed by atoms with E-state index >= 15 is 0 Å². The molecule has 3 nitrogen and oxygen atoms in total. The van der Waals surface area contributed by atoms with Gasteiger partial charge in [0, 0.05) is 0 Å². The third-order valence-electron chi connectivity index (χ3n) is 1.28. The van der Waals surface area contributed by atoms with E-state index in [1.54, 1.807) is 6.92 Å². The number of hydrogen-bond acceptors (Lipinski definition) is 3. The predicted octanol–water partition coefficient (Wildman–Crippen LogP) is 0.988. The Morgan fingerprint density at radius 1 is 1.20 bits per heavy atom. The molecule has 54 valence electrons. The first-order valence-corrected chi connectivity index (χ1v) is 2.89. The molecule has 0 aliphatic carbocycles. The van der Waals surface area contributed by atoms with Crippen molar-refractivity contribution in [2.75, 3.05) is 5.73 Å². The number of aromatic hydroxyl groups is 2. The molecule has 0 spiro atoms. The van der Waals surface area contributed by atoms with Crippen LogP contribution < -0.4 is 5.73 Å². The van der Waals surface area contributed by atoms with E-state index in [4.69, 9.17) is 15.9 Å². The fraction of sp³-hybridized carbons (Fsp3) is 0.143. The lowest BCUT2D eigenvalue weighted by molar-refractivity contribution is 0.454. The van der Waals surface area contributed by atoms with Crippen LogP contribution in [-0.4, -0.2) is 10.2 Å². The van der Waals surface area contributed by atoms with E-state index in [-0.39, 0.29) is 17.2 Å². The van der Waals surface area contributed by atoms with Gasteiger partial charge in [0.15, 0.2) is 0 Å². The summed E-state index contributed by atoms with van der Waals surface area (Å²) in [4.78, 5) is 0. The van der Waals surface area contributed by atoms with Crippen molar-refractivity contribution in [3.05, 3.63) is 17.7 Å². The lowest BCUT2D eigenvalue weighted by Crippen LogP contribution is -1.86. The number of benzene rings is 1. The van der Waals surface area contributed by atoms with Crippen LogP contribution in [0.3, 0.4) is 0 Å². The second-order valence-corrected chi connectivity index (χ2v) is 2.22. The van der Waals surface area contributed by atoms with Crippen LogP contribution in [0.5, 0.6) is 11.5 Å². The van der Waals surface area contributed by atoms with Gasteiger partial charge in [-0.2, -0.15) is 0 Å². The van der Waals surface area contributed by atoms with Gasteiger partial charge in [0.2, 0.25) is 0 Å². The van der Waals surface area contributed by atoms with Crippen LogP contribution in [0.2, 0.25) is 0 Å². The molecule has 0 radical (unpaired) electrons. The van der Waals surface area contributed by atoms with E-state index < -0.39 is 0 Å². The van der Waals surface area contributed by atoms with Crippen molar-refractivity contribution in [3.63, 3.8) is 0 Å². The summed E-state index contributed by atoms with van der Waals surface area (Å²) < 4.78 is 0. The van der Waals surface area contributed by atoms with Crippen molar-refractivity contribution in [3.8, 4) is 11.5 Å². The van der Waals surface area contributed by atoms with Crippen molar-refractivity contribution >= 4 is 5.69 Å². The van der Waals surface area contributed by atoms with Gasteiger partial charge in [-0.05, 0) is 24.6 Å². The molecular formula is C7H9NO2. The Morgan fingerprint density at radius 2 is 1.60 bits per heavy atom. The van der Waals surface area contributed by atoms with Crippen LogP contribution in [0, 0.1) is 6.92 Å². The quantitative estimate of drug-likeness (QED) is 0.371. The van der Waals surface area contributed by atoms with Gasteiger partial charge in [0.25, 0.3) is 0 Å². The summed E-state index contributed by atoms with van der Waals surface area (Å²) in [6, 6.07) is 2.99. The molecule has 10 heavy (non-hydrogen) atoms. The van der Waals surface area contributed by atoms with E-state index in [0.29, 0.717) is 0 Å². The van der Waals surface area contributed by atoms with Gasteiger partial charge < -0.3 is 15.9 Å². The van der Waals surface area contributed by atoms with Gasteiger partial charge in [-0.15, -0.1) is 0 Å². The number of hydrogen-bond donors (Lipinski definition) is 3. The fourth-order valence-corrected chi connectivity index (χ4v) is 0.760. The molecule has 0 bridgehead atoms. The number of aryl methyl sites for hydroxylation is 1. The fourth-order valence-electron chi connectivity index (χ4n) is 0.760. The van der Waals surface area contributed by atoms with E-state index in [0.717, 1.165) is 5.56 Å². The molecule has 0 atom stereocenters. The SMILES string of the molecule is Cc1cc(O)c(N)c(O)c1. The number of phenols is 2. The standard InChI is InChI=1S/C7H9NO2/c1-4-2-5(9)7(8)6(10)3-4/h2-3,9-10H,8H2,1H3. The van der Waals surface area contributed by atoms with Crippen LogP contribution >= 0.6 is 0 Å². The second-order valence-electron chi connectivity index (χ2n) is 2.22. The molecule has 0 saturated carbocycles. The highest BCUT2D eigenvalue weighted by Crippen LogP contribution is 2.30. The average Bonchev–Trinajstić information content (AvgIpc) is 1.82. The summed E-state index contributed by atoms with van der Waals surface area (Å²) in [5.41, 5.74) is 6.07. The van der Waals surface area contributed by atoms with Crippen molar-refractivity contribution in [2.45, 2.75) is 6.92 Å². The van der Waals surface area contributed by atoms with Crippen LogP contribution in [0.4, 0.5) is 5.69 Å². The number of rotatable bonds is 0. The summed E-state index contributed by atoms with van der Waals surface area (Å²) >= 11 is 0. The zero-order chi connectivity index (χ0) is 7.72. The van der Waals surface area contributed by atoms with Crippen molar-refractivity contribution in [1.29, 1.82) is 0 Å². The van der Waals surface area contributed by atoms with Gasteiger partial charge in [-0.3, -0.25) is 0 Å². The minimum absolute atomic E-state index is 0.0330. The van der Waals surface area contributed by atoms with Gasteiger partial charge in [-0.1, -0.05) is 0 Å². The minimum atomic E-state index is -0.0718. The molecule has 0 unspecified atom stereocenters. The van der Waals surface area contributed by atoms with E-state index in [9.17, 15) is 0 Å². The highest BCUT2D eigenvalue weighted by atomic mass is 16.3. The smallest absolute Gasteiger partial charge is 0.142 e. The van der Waals surface area contributed by atoms with Crippen molar-refractivity contribution in [2.24, 2.45) is 0 Å². The molecule has 0 saturated heterocycles. The lowest BCUT2D eigenvalue weighted by Gasteiger charge is -2.01. The molecule has 1 rings (SSSR count). The topological polar surface area (TPSA) is 66.5 Å². The third kappa shape index (κ3) is 0.978. The first-order chi connectivity index (χ1) is 4.61. The van der Waals surface area contributed by atoms with Gasteiger partial charge in [0.1, 0.15) is 17.2 Å². The minimum Gasteiger partial charge on any atom is -0.506 e. The number of nitrogen functional groups attached to an aromatic ring is 1. The first-order valence-electron chi connectivity index (χ1n) is 2.89. The normalized spacial score (nSPS) is 9.70. The Kier molecular flexibility index (Phi) is 1.41. The highest BCUT2D eigenvalue weighted by Gasteiger charge is 2.02. The number of anilines is 1. The molecule has 0 heterocycles. The highest BCUT2D eigenvalue weighted by molar-refractivity contribution is 5.62. The average molecular weight is 139 g/mol. The Bertz CT molecular complexity index is 235. The van der Waals surface area contributed by atoms with E-state index in [2.05, 4.69) is 0 Å². The summed E-state index contributed by atoms with van der Waals surface area (Å²) in [5.74, 6) is -0.144. The Balaban J connectivity index is 3.31. The third-order valence-corrected chi connectivity index (χ3v) is 1.28. The molecule has 0 aliphatic heterocycles. The number of nitrogens with two attached hydrogens (primary N) is 1. The molecule has 3 heteroatoms. The Labute approximate surface area is 58.7 Å². The van der Waals surface area contributed by atoms with Gasteiger partial charge >= 0.3 is 0 Å². The molecule has 0 aromatic heterocycles. The summed E-state index contributed by atoms with van der Waals surface area (Å²) in [5, 5.41) is 18.0. The van der Waals surface area contributed by atoms with Gasteiger partial charge in [-0.25, -0.2) is 0 Å². The molecule has 4 N–H and O–H groups in total. The molecule has 1 aromatic rings.